The molecule has 2 aromatic rings. The van der Waals surface area contributed by atoms with Crippen LogP contribution in [-0.4, -0.2) is 17.9 Å². The van der Waals surface area contributed by atoms with Crippen molar-refractivity contribution < 1.29 is 14.3 Å². The molecule has 0 spiro atoms. The molecular formula is C26H26BrNO3. The molecular weight excluding hydrogens is 454 g/mol. The van der Waals surface area contributed by atoms with Crippen molar-refractivity contribution in [3.63, 3.8) is 0 Å². The standard InChI is InChI=1S/C26H26BrNO3/c1-15(2)31-26(30)23-16(3)28-21-13-19(17-8-5-4-6-9-17)14-22(29)25(21)24(23)18-10-7-11-20(27)12-18/h4-12,15,19,24,28H,13-14H2,1-3H3/t19-,24+/m1/s1. The number of hydrogen-bond acceptors (Lipinski definition) is 4. The van der Waals surface area contributed by atoms with Crippen LogP contribution in [0, 0.1) is 0 Å². The van der Waals surface area contributed by atoms with Crippen LogP contribution in [0.5, 0.6) is 0 Å². The molecule has 160 valence electrons. The smallest absolute Gasteiger partial charge is 0.337 e. The highest BCUT2D eigenvalue weighted by Crippen LogP contribution is 2.46. The van der Waals surface area contributed by atoms with Gasteiger partial charge in [0.25, 0.3) is 0 Å². The molecule has 0 fully saturated rings. The molecule has 1 heterocycles. The monoisotopic (exact) mass is 479 g/mol. The first-order chi connectivity index (χ1) is 14.8. The van der Waals surface area contributed by atoms with Crippen molar-refractivity contribution in [2.24, 2.45) is 0 Å². The Morgan fingerprint density at radius 2 is 1.77 bits per heavy atom. The molecule has 2 aliphatic rings. The first kappa shape index (κ1) is 21.6. The highest BCUT2D eigenvalue weighted by Gasteiger charge is 2.41. The van der Waals surface area contributed by atoms with Gasteiger partial charge in [-0.15, -0.1) is 0 Å². The van der Waals surface area contributed by atoms with Gasteiger partial charge in [0.1, 0.15) is 0 Å². The lowest BCUT2D eigenvalue weighted by Crippen LogP contribution is -2.36. The molecule has 0 aromatic heterocycles. The van der Waals surface area contributed by atoms with Crippen LogP contribution >= 0.6 is 15.9 Å². The van der Waals surface area contributed by atoms with Crippen molar-refractivity contribution >= 4 is 27.7 Å². The van der Waals surface area contributed by atoms with E-state index >= 15 is 0 Å². The Balaban J connectivity index is 1.81. The Bertz CT molecular complexity index is 1080. The van der Waals surface area contributed by atoms with E-state index in [2.05, 4.69) is 33.4 Å². The van der Waals surface area contributed by atoms with Gasteiger partial charge >= 0.3 is 5.97 Å². The van der Waals surface area contributed by atoms with Gasteiger partial charge in [-0.1, -0.05) is 58.4 Å². The van der Waals surface area contributed by atoms with Crippen LogP contribution in [0.25, 0.3) is 0 Å². The molecule has 1 N–H and O–H groups in total. The zero-order valence-electron chi connectivity index (χ0n) is 17.9. The van der Waals surface area contributed by atoms with Gasteiger partial charge in [-0.25, -0.2) is 4.79 Å². The predicted molar refractivity (Wildman–Crippen MR) is 124 cm³/mol. The lowest BCUT2D eigenvalue weighted by Gasteiger charge is -2.37. The summed E-state index contributed by atoms with van der Waals surface area (Å²) < 4.78 is 6.47. The lowest BCUT2D eigenvalue weighted by molar-refractivity contribution is -0.143. The van der Waals surface area contributed by atoms with E-state index in [9.17, 15) is 9.59 Å². The minimum absolute atomic E-state index is 0.0786. The van der Waals surface area contributed by atoms with Crippen molar-refractivity contribution in [1.82, 2.24) is 5.32 Å². The van der Waals surface area contributed by atoms with Crippen LogP contribution in [0.3, 0.4) is 0 Å². The molecule has 1 aliphatic carbocycles. The van der Waals surface area contributed by atoms with E-state index in [1.807, 2.05) is 63.2 Å². The fourth-order valence-electron chi connectivity index (χ4n) is 4.57. The minimum Gasteiger partial charge on any atom is -0.460 e. The maximum absolute atomic E-state index is 13.5. The van der Waals surface area contributed by atoms with Gasteiger partial charge in [0, 0.05) is 33.8 Å². The van der Waals surface area contributed by atoms with Gasteiger partial charge in [0.15, 0.2) is 5.78 Å². The van der Waals surface area contributed by atoms with Crippen molar-refractivity contribution in [3.05, 3.63) is 92.7 Å². The number of dihydropyridines is 1. The summed E-state index contributed by atoms with van der Waals surface area (Å²) in [4.78, 5) is 26.6. The van der Waals surface area contributed by atoms with E-state index in [4.69, 9.17) is 4.74 Å². The molecule has 2 atom stereocenters. The number of rotatable bonds is 4. The summed E-state index contributed by atoms with van der Waals surface area (Å²) in [5.74, 6) is -0.617. The SMILES string of the molecule is CC1=C(C(=O)OC(C)C)[C@H](c2cccc(Br)c2)C2=C(C[C@@H](c3ccccc3)CC2=O)N1. The average molecular weight is 480 g/mol. The molecule has 0 amide bonds. The topological polar surface area (TPSA) is 55.4 Å². The first-order valence-corrected chi connectivity index (χ1v) is 11.4. The number of ether oxygens (including phenoxy) is 1. The molecule has 0 unspecified atom stereocenters. The fraction of sp³-hybridized carbons (Fsp3) is 0.308. The van der Waals surface area contributed by atoms with Crippen LogP contribution in [-0.2, 0) is 14.3 Å². The van der Waals surface area contributed by atoms with Gasteiger partial charge in [0.2, 0.25) is 0 Å². The van der Waals surface area contributed by atoms with Crippen LogP contribution in [0.15, 0.2) is 81.6 Å². The van der Waals surface area contributed by atoms with Crippen LogP contribution in [0.1, 0.15) is 56.6 Å². The Labute approximate surface area is 191 Å². The lowest BCUT2D eigenvalue weighted by atomic mass is 9.72. The second-order valence-electron chi connectivity index (χ2n) is 8.44. The van der Waals surface area contributed by atoms with E-state index in [-0.39, 0.29) is 23.8 Å². The summed E-state index contributed by atoms with van der Waals surface area (Å²) in [6.07, 6.45) is 0.927. The Hall–Kier alpha value is -2.66. The third-order valence-corrected chi connectivity index (χ3v) is 6.34. The summed E-state index contributed by atoms with van der Waals surface area (Å²) in [7, 11) is 0. The highest BCUT2D eigenvalue weighted by atomic mass is 79.9. The Kier molecular flexibility index (Phi) is 6.15. The summed E-state index contributed by atoms with van der Waals surface area (Å²) >= 11 is 3.54. The maximum Gasteiger partial charge on any atom is 0.337 e. The minimum atomic E-state index is -0.441. The molecule has 2 aromatic carbocycles. The van der Waals surface area contributed by atoms with Crippen LogP contribution in [0.2, 0.25) is 0 Å². The number of allylic oxidation sites excluding steroid dienone is 3. The van der Waals surface area contributed by atoms with Crippen LogP contribution in [0.4, 0.5) is 0 Å². The molecule has 4 rings (SSSR count). The average Bonchev–Trinajstić information content (AvgIpc) is 2.72. The van der Waals surface area contributed by atoms with Crippen molar-refractivity contribution in [2.45, 2.75) is 51.6 Å². The van der Waals surface area contributed by atoms with E-state index < -0.39 is 5.92 Å². The van der Waals surface area contributed by atoms with Gasteiger partial charge in [-0.2, -0.15) is 0 Å². The van der Waals surface area contributed by atoms with E-state index in [1.54, 1.807) is 0 Å². The number of Topliss-reactive ketones (excluding diaryl/α,β-unsaturated/α-hetero) is 1. The van der Waals surface area contributed by atoms with Gasteiger partial charge in [-0.05, 0) is 56.4 Å². The van der Waals surface area contributed by atoms with Gasteiger partial charge < -0.3 is 10.1 Å². The second kappa shape index (κ2) is 8.83. The number of halogens is 1. The second-order valence-corrected chi connectivity index (χ2v) is 9.35. The maximum atomic E-state index is 13.5. The quantitative estimate of drug-likeness (QED) is 0.566. The first-order valence-electron chi connectivity index (χ1n) is 10.6. The van der Waals surface area contributed by atoms with Gasteiger partial charge in [0.05, 0.1) is 11.7 Å². The third-order valence-electron chi connectivity index (χ3n) is 5.84. The zero-order chi connectivity index (χ0) is 22.1. The zero-order valence-corrected chi connectivity index (χ0v) is 19.5. The number of carbonyl (C=O) groups is 2. The Morgan fingerprint density at radius 3 is 2.45 bits per heavy atom. The van der Waals surface area contributed by atoms with E-state index in [0.29, 0.717) is 17.6 Å². The third kappa shape index (κ3) is 4.38. The number of ketones is 1. The highest BCUT2D eigenvalue weighted by molar-refractivity contribution is 9.10. The molecule has 31 heavy (non-hydrogen) atoms. The number of nitrogens with one attached hydrogen (secondary N) is 1. The number of hydrogen-bond donors (Lipinski definition) is 1. The number of esters is 1. The Morgan fingerprint density at radius 1 is 1.06 bits per heavy atom. The molecule has 0 saturated carbocycles. The molecule has 0 bridgehead atoms. The van der Waals surface area contributed by atoms with Crippen molar-refractivity contribution in [2.75, 3.05) is 0 Å². The number of carbonyl (C=O) groups excluding carboxylic acids is 2. The fourth-order valence-corrected chi connectivity index (χ4v) is 4.98. The normalized spacial score (nSPS) is 21.1. The van der Waals surface area contributed by atoms with E-state index in [1.165, 1.54) is 0 Å². The molecule has 1 aliphatic heterocycles. The molecule has 4 nitrogen and oxygen atoms in total. The molecule has 0 radical (unpaired) electrons. The van der Waals surface area contributed by atoms with Crippen LogP contribution < -0.4 is 5.32 Å². The van der Waals surface area contributed by atoms with Crippen molar-refractivity contribution in [1.29, 1.82) is 0 Å². The predicted octanol–water partition coefficient (Wildman–Crippen LogP) is 5.76. The number of benzene rings is 2. The molecule has 0 saturated heterocycles. The van der Waals surface area contributed by atoms with Gasteiger partial charge in [-0.3, -0.25) is 4.79 Å². The largest absolute Gasteiger partial charge is 0.460 e. The summed E-state index contributed by atoms with van der Waals surface area (Å²) in [5, 5.41) is 3.39. The summed E-state index contributed by atoms with van der Waals surface area (Å²) in [6.45, 7) is 5.56. The molecule has 5 heteroatoms. The van der Waals surface area contributed by atoms with Crippen molar-refractivity contribution in [3.8, 4) is 0 Å². The summed E-state index contributed by atoms with van der Waals surface area (Å²) in [5.41, 5.74) is 4.92. The van der Waals surface area contributed by atoms with E-state index in [0.717, 1.165) is 33.4 Å². The summed E-state index contributed by atoms with van der Waals surface area (Å²) in [6, 6.07) is 18.0.